The minimum Gasteiger partial charge on any atom is -0.497 e. The highest BCUT2D eigenvalue weighted by atomic mass is 79.9. The summed E-state index contributed by atoms with van der Waals surface area (Å²) in [5.74, 6) is -0.479. The molecule has 0 atom stereocenters. The Morgan fingerprint density at radius 2 is 1.96 bits per heavy atom. The van der Waals surface area contributed by atoms with Crippen LogP contribution in [0.1, 0.15) is 15.9 Å². The summed E-state index contributed by atoms with van der Waals surface area (Å²) in [6.45, 7) is 3.74. The highest BCUT2D eigenvalue weighted by molar-refractivity contribution is 9.10. The van der Waals surface area contributed by atoms with Crippen molar-refractivity contribution in [1.82, 2.24) is 10.2 Å². The topological polar surface area (TPSA) is 58.6 Å². The molecule has 2 aromatic rings. The average Bonchev–Trinajstić information content (AvgIpc) is 2.68. The number of hydrogen-bond acceptors (Lipinski definition) is 3. The fraction of sp³-hybridized carbons (Fsp3) is 0.200. The molecule has 0 aromatic heterocycles. The van der Waals surface area contributed by atoms with Gasteiger partial charge in [0, 0.05) is 28.7 Å². The molecule has 0 heterocycles. The minimum atomic E-state index is -0.401. The van der Waals surface area contributed by atoms with Crippen LogP contribution >= 0.6 is 15.9 Å². The van der Waals surface area contributed by atoms with E-state index in [4.69, 9.17) is 4.74 Å². The van der Waals surface area contributed by atoms with Crippen molar-refractivity contribution in [2.24, 2.45) is 0 Å². The summed E-state index contributed by atoms with van der Waals surface area (Å²) in [4.78, 5) is 26.1. The van der Waals surface area contributed by atoms with Crippen LogP contribution in [-0.2, 0) is 11.3 Å². The quantitative estimate of drug-likeness (QED) is 0.646. The maximum Gasteiger partial charge on any atom is 0.251 e. The van der Waals surface area contributed by atoms with Gasteiger partial charge >= 0.3 is 0 Å². The lowest BCUT2D eigenvalue weighted by Crippen LogP contribution is -2.40. The number of hydrogen-bond donors (Lipinski definition) is 1. The van der Waals surface area contributed by atoms with E-state index in [-0.39, 0.29) is 31.4 Å². The van der Waals surface area contributed by atoms with Crippen LogP contribution < -0.4 is 10.1 Å². The van der Waals surface area contributed by atoms with Crippen molar-refractivity contribution in [2.75, 3.05) is 20.2 Å². The summed E-state index contributed by atoms with van der Waals surface area (Å²) in [6, 6.07) is 11.1. The Morgan fingerprint density at radius 1 is 1.26 bits per heavy atom. The number of amides is 2. The fourth-order valence-electron chi connectivity index (χ4n) is 2.39. The second-order valence-corrected chi connectivity index (χ2v) is 6.63. The van der Waals surface area contributed by atoms with E-state index >= 15 is 0 Å². The monoisotopic (exact) mass is 434 g/mol. The van der Waals surface area contributed by atoms with Crippen LogP contribution in [0.15, 0.2) is 59.6 Å². The van der Waals surface area contributed by atoms with Gasteiger partial charge in [-0.05, 0) is 42.5 Å². The number of carbonyl (C=O) groups is 2. The molecule has 0 bridgehead atoms. The molecule has 27 heavy (non-hydrogen) atoms. The molecule has 0 saturated heterocycles. The molecule has 5 nitrogen and oxygen atoms in total. The number of halogens is 2. The van der Waals surface area contributed by atoms with Gasteiger partial charge in [0.2, 0.25) is 5.91 Å². The van der Waals surface area contributed by atoms with Gasteiger partial charge in [-0.3, -0.25) is 9.59 Å². The van der Waals surface area contributed by atoms with Crippen LogP contribution in [0.5, 0.6) is 5.75 Å². The molecule has 0 fully saturated rings. The molecule has 0 saturated carbocycles. The third-order valence-corrected chi connectivity index (χ3v) is 4.32. The minimum absolute atomic E-state index is 0.0779. The van der Waals surface area contributed by atoms with Gasteiger partial charge in [-0.2, -0.15) is 0 Å². The van der Waals surface area contributed by atoms with E-state index in [0.29, 0.717) is 16.9 Å². The van der Waals surface area contributed by atoms with Gasteiger partial charge in [-0.15, -0.1) is 6.58 Å². The van der Waals surface area contributed by atoms with Gasteiger partial charge in [-0.1, -0.05) is 22.0 Å². The molecule has 0 radical (unpaired) electrons. The molecule has 2 amide bonds. The van der Waals surface area contributed by atoms with Gasteiger partial charge in [-0.25, -0.2) is 4.39 Å². The van der Waals surface area contributed by atoms with E-state index in [9.17, 15) is 14.0 Å². The molecule has 2 aromatic carbocycles. The van der Waals surface area contributed by atoms with Crippen LogP contribution in [0.25, 0.3) is 0 Å². The number of methoxy groups -OCH3 is 1. The second-order valence-electron chi connectivity index (χ2n) is 5.71. The highest BCUT2D eigenvalue weighted by Crippen LogP contribution is 2.17. The summed E-state index contributed by atoms with van der Waals surface area (Å²) < 4.78 is 19.7. The Bertz CT molecular complexity index is 824. The average molecular weight is 435 g/mol. The lowest BCUT2D eigenvalue weighted by atomic mass is 10.2. The molecule has 2 rings (SSSR count). The fourth-order valence-corrected chi connectivity index (χ4v) is 2.80. The summed E-state index contributed by atoms with van der Waals surface area (Å²) in [5, 5.41) is 2.58. The summed E-state index contributed by atoms with van der Waals surface area (Å²) in [6.07, 6.45) is 1.55. The van der Waals surface area contributed by atoms with E-state index < -0.39 is 5.82 Å². The molecule has 1 N–H and O–H groups in total. The summed E-state index contributed by atoms with van der Waals surface area (Å²) >= 11 is 3.29. The van der Waals surface area contributed by atoms with Crippen molar-refractivity contribution in [3.05, 3.63) is 76.5 Å². The van der Waals surface area contributed by atoms with Crippen LogP contribution in [0.4, 0.5) is 4.39 Å². The Kier molecular flexibility index (Phi) is 7.55. The van der Waals surface area contributed by atoms with Crippen LogP contribution in [0, 0.1) is 5.82 Å². The van der Waals surface area contributed by atoms with Gasteiger partial charge < -0.3 is 15.0 Å². The summed E-state index contributed by atoms with van der Waals surface area (Å²) in [7, 11) is 1.54. The first-order valence-electron chi connectivity index (χ1n) is 8.19. The number of carbonyl (C=O) groups excluding carboxylic acids is 2. The predicted molar refractivity (Wildman–Crippen MR) is 105 cm³/mol. The lowest BCUT2D eigenvalue weighted by molar-refractivity contribution is -0.130. The SMILES string of the molecule is C=CCN(Cc1cc(Br)ccc1F)C(=O)CNC(=O)c1ccc(OC)cc1. The molecule has 7 heteroatoms. The largest absolute Gasteiger partial charge is 0.497 e. The molecule has 0 aliphatic heterocycles. The summed E-state index contributed by atoms with van der Waals surface area (Å²) in [5.41, 5.74) is 0.790. The Morgan fingerprint density at radius 3 is 2.59 bits per heavy atom. The zero-order valence-corrected chi connectivity index (χ0v) is 16.5. The normalized spacial score (nSPS) is 10.2. The van der Waals surface area contributed by atoms with E-state index in [2.05, 4.69) is 27.8 Å². The molecule has 0 aliphatic carbocycles. The first-order valence-corrected chi connectivity index (χ1v) is 8.98. The number of rotatable bonds is 8. The van der Waals surface area contributed by atoms with Gasteiger partial charge in [0.1, 0.15) is 11.6 Å². The van der Waals surface area contributed by atoms with E-state index in [1.165, 1.54) is 18.1 Å². The van der Waals surface area contributed by atoms with Gasteiger partial charge in [0.25, 0.3) is 5.91 Å². The van der Waals surface area contributed by atoms with Crippen molar-refractivity contribution in [1.29, 1.82) is 0 Å². The van der Waals surface area contributed by atoms with Crippen molar-refractivity contribution >= 4 is 27.7 Å². The molecular formula is C20H20BrFN2O3. The van der Waals surface area contributed by atoms with Crippen LogP contribution in [-0.4, -0.2) is 36.9 Å². The van der Waals surface area contributed by atoms with Crippen LogP contribution in [0.2, 0.25) is 0 Å². The zero-order chi connectivity index (χ0) is 19.8. The first-order chi connectivity index (χ1) is 12.9. The third-order valence-electron chi connectivity index (χ3n) is 3.82. The Hall–Kier alpha value is -2.67. The smallest absolute Gasteiger partial charge is 0.251 e. The van der Waals surface area contributed by atoms with E-state index in [1.807, 2.05) is 0 Å². The van der Waals surface area contributed by atoms with Crippen molar-refractivity contribution in [2.45, 2.75) is 6.54 Å². The molecule has 0 aliphatic rings. The Balaban J connectivity index is 2.00. The zero-order valence-electron chi connectivity index (χ0n) is 14.9. The van der Waals surface area contributed by atoms with Crippen LogP contribution in [0.3, 0.4) is 0 Å². The van der Waals surface area contributed by atoms with Crippen molar-refractivity contribution in [3.8, 4) is 5.75 Å². The number of nitrogens with one attached hydrogen (secondary N) is 1. The van der Waals surface area contributed by atoms with E-state index in [1.54, 1.807) is 42.5 Å². The highest BCUT2D eigenvalue weighted by Gasteiger charge is 2.16. The molecule has 142 valence electrons. The third kappa shape index (κ3) is 5.92. The predicted octanol–water partition coefficient (Wildman–Crippen LogP) is 3.54. The van der Waals surface area contributed by atoms with Gasteiger partial charge in [0.05, 0.1) is 13.7 Å². The lowest BCUT2D eigenvalue weighted by Gasteiger charge is -2.22. The molecule has 0 spiro atoms. The first kappa shape index (κ1) is 20.6. The maximum absolute atomic E-state index is 14.0. The molecular weight excluding hydrogens is 415 g/mol. The standard InChI is InChI=1S/C20H20BrFN2O3/c1-3-10-24(13-15-11-16(21)6-9-18(15)22)19(25)12-23-20(26)14-4-7-17(27-2)8-5-14/h3-9,11H,1,10,12-13H2,2H3,(H,23,26). The van der Waals surface area contributed by atoms with Crippen molar-refractivity contribution < 1.29 is 18.7 Å². The number of benzene rings is 2. The second kappa shape index (κ2) is 9.87. The van der Waals surface area contributed by atoms with E-state index in [0.717, 1.165) is 4.47 Å². The molecule has 0 unspecified atom stereocenters. The van der Waals surface area contributed by atoms with Crippen molar-refractivity contribution in [3.63, 3.8) is 0 Å². The number of ether oxygens (including phenoxy) is 1. The van der Waals surface area contributed by atoms with Gasteiger partial charge in [0.15, 0.2) is 0 Å². The maximum atomic E-state index is 14.0. The Labute approximate surface area is 165 Å². The number of nitrogens with zero attached hydrogens (tertiary/aromatic N) is 1.